The van der Waals surface area contributed by atoms with Crippen LogP contribution in [0.25, 0.3) is 11.3 Å². The highest BCUT2D eigenvalue weighted by molar-refractivity contribution is 7.71. The Balaban J connectivity index is 2.65. The van der Waals surface area contributed by atoms with E-state index in [9.17, 15) is 0 Å². The molecule has 0 radical (unpaired) electrons. The molecule has 16 heavy (non-hydrogen) atoms. The van der Waals surface area contributed by atoms with Crippen LogP contribution in [0.15, 0.2) is 24.3 Å². The van der Waals surface area contributed by atoms with Crippen LogP contribution >= 0.6 is 12.2 Å². The zero-order valence-corrected chi connectivity index (χ0v) is 10.5. The highest BCUT2D eigenvalue weighted by atomic mass is 32.1. The number of H-pyrrole nitrogens is 1. The van der Waals surface area contributed by atoms with E-state index in [1.807, 2.05) is 26.0 Å². The van der Waals surface area contributed by atoms with E-state index in [-0.39, 0.29) is 0 Å². The molecule has 0 atom stereocenters. The Kier molecular flexibility index (Phi) is 2.88. The van der Waals surface area contributed by atoms with Crippen LogP contribution in [-0.4, -0.2) is 9.97 Å². The fourth-order valence-corrected chi connectivity index (χ4v) is 1.93. The van der Waals surface area contributed by atoms with Gasteiger partial charge in [-0.3, -0.25) is 0 Å². The molecule has 0 aliphatic heterocycles. The van der Waals surface area contributed by atoms with Gasteiger partial charge in [-0.1, -0.05) is 36.0 Å². The van der Waals surface area contributed by atoms with Crippen molar-refractivity contribution in [2.45, 2.75) is 20.8 Å². The summed E-state index contributed by atoms with van der Waals surface area (Å²) in [5, 5.41) is 0. The second-order valence-corrected chi connectivity index (χ2v) is 4.40. The molecule has 0 amide bonds. The summed E-state index contributed by atoms with van der Waals surface area (Å²) in [6.07, 6.45) is 0. The van der Waals surface area contributed by atoms with Crippen LogP contribution in [0, 0.1) is 25.4 Å². The lowest BCUT2D eigenvalue weighted by Gasteiger charge is -2.06. The van der Waals surface area contributed by atoms with Crippen molar-refractivity contribution in [2.75, 3.05) is 0 Å². The van der Waals surface area contributed by atoms with Gasteiger partial charge >= 0.3 is 0 Å². The fraction of sp³-hybridized carbons (Fsp3) is 0.231. The Bertz CT molecular complexity index is 585. The molecule has 3 heteroatoms. The molecule has 0 unspecified atom stereocenters. The molecule has 2 nitrogen and oxygen atoms in total. The largest absolute Gasteiger partial charge is 0.347 e. The second kappa shape index (κ2) is 4.18. The molecule has 0 aliphatic carbocycles. The summed E-state index contributed by atoms with van der Waals surface area (Å²) in [7, 11) is 0. The van der Waals surface area contributed by atoms with Crippen molar-refractivity contribution in [3.8, 4) is 11.3 Å². The van der Waals surface area contributed by atoms with Crippen molar-refractivity contribution in [3.63, 3.8) is 0 Å². The van der Waals surface area contributed by atoms with E-state index in [0.29, 0.717) is 4.64 Å². The van der Waals surface area contributed by atoms with Crippen molar-refractivity contribution < 1.29 is 0 Å². The number of nitrogens with one attached hydrogen (secondary N) is 1. The normalized spacial score (nSPS) is 10.4. The Morgan fingerprint density at radius 3 is 2.62 bits per heavy atom. The van der Waals surface area contributed by atoms with Crippen LogP contribution in [0.2, 0.25) is 0 Å². The predicted octanol–water partition coefficient (Wildman–Crippen LogP) is 3.73. The number of nitrogens with zero attached hydrogens (tertiary/aromatic N) is 1. The maximum absolute atomic E-state index is 5.31. The molecular formula is C13H14N2S. The third kappa shape index (κ3) is 2.04. The molecule has 0 bridgehead atoms. The van der Waals surface area contributed by atoms with Crippen molar-refractivity contribution in [1.29, 1.82) is 0 Å². The topological polar surface area (TPSA) is 28.7 Å². The van der Waals surface area contributed by atoms with Gasteiger partial charge in [-0.2, -0.15) is 0 Å². The SMILES string of the molecule is Cc1cccc(-c2nc(C)c(C)[nH]c2=S)c1. The fourth-order valence-electron chi connectivity index (χ4n) is 1.61. The van der Waals surface area contributed by atoms with E-state index in [4.69, 9.17) is 12.2 Å². The molecular weight excluding hydrogens is 216 g/mol. The summed E-state index contributed by atoms with van der Waals surface area (Å²) in [5.74, 6) is 0. The first-order valence-electron chi connectivity index (χ1n) is 5.22. The lowest BCUT2D eigenvalue weighted by molar-refractivity contribution is 1.04. The minimum absolute atomic E-state index is 0.703. The van der Waals surface area contributed by atoms with Crippen LogP contribution < -0.4 is 0 Å². The van der Waals surface area contributed by atoms with Crippen molar-refractivity contribution >= 4 is 12.2 Å². The molecule has 0 fully saturated rings. The van der Waals surface area contributed by atoms with Gasteiger partial charge in [0.1, 0.15) is 10.3 Å². The molecule has 2 aromatic rings. The molecule has 2 rings (SSSR count). The van der Waals surface area contributed by atoms with Gasteiger partial charge in [-0.15, -0.1) is 0 Å². The molecule has 0 aliphatic rings. The molecule has 1 heterocycles. The zero-order valence-electron chi connectivity index (χ0n) is 9.66. The Hall–Kier alpha value is -1.48. The lowest BCUT2D eigenvalue weighted by atomic mass is 10.1. The van der Waals surface area contributed by atoms with Gasteiger partial charge in [0.05, 0.1) is 5.69 Å². The summed E-state index contributed by atoms with van der Waals surface area (Å²) in [6, 6.07) is 8.22. The van der Waals surface area contributed by atoms with E-state index in [1.54, 1.807) is 0 Å². The van der Waals surface area contributed by atoms with Gasteiger partial charge in [-0.05, 0) is 26.8 Å². The third-order valence-electron chi connectivity index (χ3n) is 2.63. The molecule has 82 valence electrons. The molecule has 1 aromatic carbocycles. The summed E-state index contributed by atoms with van der Waals surface area (Å²) >= 11 is 5.31. The van der Waals surface area contributed by atoms with Gasteiger partial charge in [0.15, 0.2) is 0 Å². The first-order chi connectivity index (χ1) is 7.58. The first kappa shape index (κ1) is 11.0. The lowest BCUT2D eigenvalue weighted by Crippen LogP contribution is -1.96. The van der Waals surface area contributed by atoms with Crippen LogP contribution in [0.1, 0.15) is 17.0 Å². The van der Waals surface area contributed by atoms with Crippen LogP contribution in [0.4, 0.5) is 0 Å². The first-order valence-corrected chi connectivity index (χ1v) is 5.63. The van der Waals surface area contributed by atoms with Gasteiger partial charge < -0.3 is 4.98 Å². The third-order valence-corrected chi connectivity index (χ3v) is 2.93. The second-order valence-electron chi connectivity index (χ2n) is 3.99. The van der Waals surface area contributed by atoms with E-state index in [0.717, 1.165) is 22.6 Å². The highest BCUT2D eigenvalue weighted by Crippen LogP contribution is 2.19. The number of rotatable bonds is 1. The van der Waals surface area contributed by atoms with E-state index in [2.05, 4.69) is 29.0 Å². The maximum Gasteiger partial charge on any atom is 0.130 e. The zero-order chi connectivity index (χ0) is 11.7. The number of hydrogen-bond acceptors (Lipinski definition) is 2. The summed E-state index contributed by atoms with van der Waals surface area (Å²) < 4.78 is 0.703. The monoisotopic (exact) mass is 230 g/mol. The molecule has 0 spiro atoms. The summed E-state index contributed by atoms with van der Waals surface area (Å²) in [5.41, 5.74) is 5.17. The average molecular weight is 230 g/mol. The number of aromatic nitrogens is 2. The summed E-state index contributed by atoms with van der Waals surface area (Å²) in [4.78, 5) is 7.73. The smallest absolute Gasteiger partial charge is 0.130 e. The van der Waals surface area contributed by atoms with Gasteiger partial charge in [0, 0.05) is 11.3 Å². The number of benzene rings is 1. The molecule has 1 N–H and O–H groups in total. The molecule has 0 saturated heterocycles. The van der Waals surface area contributed by atoms with Crippen LogP contribution in [0.5, 0.6) is 0 Å². The highest BCUT2D eigenvalue weighted by Gasteiger charge is 2.04. The summed E-state index contributed by atoms with van der Waals surface area (Å²) in [6.45, 7) is 6.04. The molecule has 1 aromatic heterocycles. The van der Waals surface area contributed by atoms with Gasteiger partial charge in [0.25, 0.3) is 0 Å². The predicted molar refractivity (Wildman–Crippen MR) is 69.1 cm³/mol. The maximum atomic E-state index is 5.31. The number of hydrogen-bond donors (Lipinski definition) is 1. The minimum Gasteiger partial charge on any atom is -0.347 e. The van der Waals surface area contributed by atoms with E-state index in [1.165, 1.54) is 5.56 Å². The quantitative estimate of drug-likeness (QED) is 0.756. The average Bonchev–Trinajstić information content (AvgIpc) is 2.23. The molecule has 0 saturated carbocycles. The van der Waals surface area contributed by atoms with Crippen molar-refractivity contribution in [3.05, 3.63) is 45.9 Å². The van der Waals surface area contributed by atoms with E-state index >= 15 is 0 Å². The van der Waals surface area contributed by atoms with Crippen LogP contribution in [0.3, 0.4) is 0 Å². The van der Waals surface area contributed by atoms with E-state index < -0.39 is 0 Å². The Morgan fingerprint density at radius 2 is 1.94 bits per heavy atom. The number of aryl methyl sites for hydroxylation is 3. The van der Waals surface area contributed by atoms with Gasteiger partial charge in [-0.25, -0.2) is 4.98 Å². The van der Waals surface area contributed by atoms with Crippen LogP contribution in [-0.2, 0) is 0 Å². The van der Waals surface area contributed by atoms with Crippen molar-refractivity contribution in [1.82, 2.24) is 9.97 Å². The van der Waals surface area contributed by atoms with Gasteiger partial charge in [0.2, 0.25) is 0 Å². The Labute approximate surface area is 100 Å². The number of aromatic amines is 1. The van der Waals surface area contributed by atoms with Crippen molar-refractivity contribution in [2.24, 2.45) is 0 Å². The Morgan fingerprint density at radius 1 is 1.19 bits per heavy atom. The minimum atomic E-state index is 0.703. The standard InChI is InChI=1S/C13H14N2S/c1-8-5-4-6-11(7-8)12-13(16)15-10(3)9(2)14-12/h4-7H,1-3H3,(H,15,16).